The number of carbonyl (C=O) groups is 1. The first-order valence-corrected chi connectivity index (χ1v) is 4.09. The minimum Gasteiger partial charge on any atom is -0.379 e. The number of amides is 1. The van der Waals surface area contributed by atoms with E-state index >= 15 is 0 Å². The zero-order valence-electron chi connectivity index (χ0n) is 7.30. The van der Waals surface area contributed by atoms with E-state index in [1.165, 1.54) is 0 Å². The van der Waals surface area contributed by atoms with Gasteiger partial charge in [0, 0.05) is 13.1 Å². The molecule has 0 saturated carbocycles. The van der Waals surface area contributed by atoms with Gasteiger partial charge in [0.2, 0.25) is 5.91 Å². The molecule has 1 saturated heterocycles. The maximum absolute atomic E-state index is 11.1. The Bertz CT molecular complexity index is 146. The van der Waals surface area contributed by atoms with Crippen LogP contribution in [0.1, 0.15) is 0 Å². The number of ether oxygens (including phenoxy) is 1. The van der Waals surface area contributed by atoms with E-state index in [4.69, 9.17) is 4.74 Å². The molecular weight excluding hydrogens is 158 g/mol. The zero-order valence-corrected chi connectivity index (χ0v) is 7.30. The normalized spacial score (nSPS) is 19.1. The molecule has 0 unspecified atom stereocenters. The Balaban J connectivity index is 2.15. The van der Waals surface area contributed by atoms with Gasteiger partial charge in [0.05, 0.1) is 19.8 Å². The van der Waals surface area contributed by atoms with Gasteiger partial charge in [0.25, 0.3) is 0 Å². The third-order valence-corrected chi connectivity index (χ3v) is 1.63. The van der Waals surface area contributed by atoms with Crippen LogP contribution in [0.25, 0.3) is 0 Å². The number of carbonyl (C=O) groups excluding carboxylic acids is 1. The molecule has 5 heteroatoms. The van der Waals surface area contributed by atoms with Crippen LogP contribution in [-0.2, 0) is 9.53 Å². The average Bonchev–Trinajstić information content (AvgIpc) is 2.06. The van der Waals surface area contributed by atoms with E-state index in [1.54, 1.807) is 7.05 Å². The molecule has 0 bridgehead atoms. The summed E-state index contributed by atoms with van der Waals surface area (Å²) in [7, 11) is 1.75. The predicted molar refractivity (Wildman–Crippen MR) is 44.5 cm³/mol. The molecular formula is C7H15N3O2. The van der Waals surface area contributed by atoms with Gasteiger partial charge in [0.1, 0.15) is 0 Å². The maximum atomic E-state index is 11.1. The lowest BCUT2D eigenvalue weighted by molar-refractivity contribution is -0.126. The first-order chi connectivity index (χ1) is 5.83. The van der Waals surface area contributed by atoms with Crippen LogP contribution in [-0.4, -0.2) is 50.8 Å². The Kier molecular flexibility index (Phi) is 3.99. The lowest BCUT2D eigenvalue weighted by Gasteiger charge is -2.26. The van der Waals surface area contributed by atoms with Gasteiger partial charge >= 0.3 is 0 Å². The molecule has 1 aliphatic rings. The molecule has 0 spiro atoms. The van der Waals surface area contributed by atoms with Gasteiger partial charge in [-0.05, 0) is 7.05 Å². The Hall–Kier alpha value is -0.650. The summed E-state index contributed by atoms with van der Waals surface area (Å²) in [5, 5.41) is 4.67. The van der Waals surface area contributed by atoms with Crippen molar-refractivity contribution in [1.82, 2.24) is 15.8 Å². The van der Waals surface area contributed by atoms with Crippen molar-refractivity contribution in [2.45, 2.75) is 0 Å². The van der Waals surface area contributed by atoms with Gasteiger partial charge < -0.3 is 10.1 Å². The maximum Gasteiger partial charge on any atom is 0.248 e. The third kappa shape index (κ3) is 3.17. The van der Waals surface area contributed by atoms with Crippen molar-refractivity contribution >= 4 is 5.91 Å². The molecule has 0 aliphatic carbocycles. The quantitative estimate of drug-likeness (QED) is 0.549. The third-order valence-electron chi connectivity index (χ3n) is 1.63. The summed E-state index contributed by atoms with van der Waals surface area (Å²) in [5.74, 6) is -0.000556. The molecule has 5 nitrogen and oxygen atoms in total. The number of morpholine rings is 1. The molecule has 1 rings (SSSR count). The number of likely N-dealkylation sites (N-methyl/N-ethyl adjacent to an activating group) is 1. The molecule has 2 N–H and O–H groups in total. The lowest BCUT2D eigenvalue weighted by Crippen LogP contribution is -2.50. The minimum atomic E-state index is -0.000556. The van der Waals surface area contributed by atoms with Gasteiger partial charge in [-0.15, -0.1) is 0 Å². The first kappa shape index (κ1) is 9.44. The lowest BCUT2D eigenvalue weighted by atomic mass is 10.5. The van der Waals surface area contributed by atoms with Gasteiger partial charge in [-0.2, -0.15) is 0 Å². The molecule has 0 aromatic rings. The number of nitrogens with one attached hydrogen (secondary N) is 2. The SMILES string of the molecule is CNCC(=O)NN1CCOCC1. The van der Waals surface area contributed by atoms with Crippen LogP contribution < -0.4 is 10.7 Å². The van der Waals surface area contributed by atoms with Gasteiger partial charge in [-0.3, -0.25) is 10.2 Å². The molecule has 12 heavy (non-hydrogen) atoms. The number of rotatable bonds is 3. The summed E-state index contributed by atoms with van der Waals surface area (Å²) >= 11 is 0. The van der Waals surface area contributed by atoms with Crippen LogP contribution >= 0.6 is 0 Å². The van der Waals surface area contributed by atoms with Crippen LogP contribution in [0.5, 0.6) is 0 Å². The predicted octanol–water partition coefficient (Wildman–Crippen LogP) is -1.43. The first-order valence-electron chi connectivity index (χ1n) is 4.09. The second-order valence-corrected chi connectivity index (χ2v) is 2.66. The Labute approximate surface area is 72.0 Å². The van der Waals surface area contributed by atoms with Crippen LogP contribution in [0.15, 0.2) is 0 Å². The fourth-order valence-electron chi connectivity index (χ4n) is 1.05. The van der Waals surface area contributed by atoms with Crippen LogP contribution in [0, 0.1) is 0 Å². The summed E-state index contributed by atoms with van der Waals surface area (Å²) in [4.78, 5) is 11.1. The van der Waals surface area contributed by atoms with Crippen molar-refractivity contribution in [3.8, 4) is 0 Å². The van der Waals surface area contributed by atoms with Crippen molar-refractivity contribution in [1.29, 1.82) is 0 Å². The van der Waals surface area contributed by atoms with E-state index < -0.39 is 0 Å². The monoisotopic (exact) mass is 173 g/mol. The van der Waals surface area contributed by atoms with E-state index in [-0.39, 0.29) is 5.91 Å². The van der Waals surface area contributed by atoms with E-state index in [0.717, 1.165) is 13.1 Å². The second-order valence-electron chi connectivity index (χ2n) is 2.66. The topological polar surface area (TPSA) is 53.6 Å². The van der Waals surface area contributed by atoms with E-state index in [0.29, 0.717) is 19.8 Å². The number of hydrogen-bond acceptors (Lipinski definition) is 4. The largest absolute Gasteiger partial charge is 0.379 e. The number of hydrazine groups is 1. The number of nitrogens with zero attached hydrogens (tertiary/aromatic N) is 1. The van der Waals surface area contributed by atoms with Crippen molar-refractivity contribution in [3.05, 3.63) is 0 Å². The molecule has 1 fully saturated rings. The molecule has 0 aromatic carbocycles. The minimum absolute atomic E-state index is 0.000556. The van der Waals surface area contributed by atoms with E-state index in [2.05, 4.69) is 10.7 Å². The highest BCUT2D eigenvalue weighted by Crippen LogP contribution is 1.91. The van der Waals surface area contributed by atoms with Crippen LogP contribution in [0.2, 0.25) is 0 Å². The molecule has 1 amide bonds. The molecule has 0 aromatic heterocycles. The van der Waals surface area contributed by atoms with Gasteiger partial charge in [-0.1, -0.05) is 0 Å². The van der Waals surface area contributed by atoms with Crippen molar-refractivity contribution in [2.75, 3.05) is 39.9 Å². The van der Waals surface area contributed by atoms with E-state index in [1.807, 2.05) is 5.01 Å². The van der Waals surface area contributed by atoms with Crippen molar-refractivity contribution in [3.63, 3.8) is 0 Å². The summed E-state index contributed by atoms with van der Waals surface area (Å²) in [6, 6.07) is 0. The summed E-state index contributed by atoms with van der Waals surface area (Å²) in [6.07, 6.45) is 0. The molecule has 1 heterocycles. The summed E-state index contributed by atoms with van der Waals surface area (Å²) in [6.45, 7) is 3.29. The Morgan fingerprint density at radius 1 is 1.50 bits per heavy atom. The fourth-order valence-corrected chi connectivity index (χ4v) is 1.05. The molecule has 0 radical (unpaired) electrons. The highest BCUT2D eigenvalue weighted by atomic mass is 16.5. The fraction of sp³-hybridized carbons (Fsp3) is 0.857. The highest BCUT2D eigenvalue weighted by Gasteiger charge is 2.11. The second kappa shape index (κ2) is 5.08. The van der Waals surface area contributed by atoms with Gasteiger partial charge in [0.15, 0.2) is 0 Å². The van der Waals surface area contributed by atoms with Crippen molar-refractivity contribution < 1.29 is 9.53 Å². The summed E-state index contributed by atoms with van der Waals surface area (Å²) < 4.78 is 5.13. The number of hydrogen-bond donors (Lipinski definition) is 2. The smallest absolute Gasteiger partial charge is 0.248 e. The molecule has 70 valence electrons. The van der Waals surface area contributed by atoms with E-state index in [9.17, 15) is 4.79 Å². The molecule has 1 aliphatic heterocycles. The summed E-state index contributed by atoms with van der Waals surface area (Å²) in [5.41, 5.74) is 2.77. The average molecular weight is 173 g/mol. The Morgan fingerprint density at radius 3 is 2.75 bits per heavy atom. The van der Waals surface area contributed by atoms with Gasteiger partial charge in [-0.25, -0.2) is 5.01 Å². The highest BCUT2D eigenvalue weighted by molar-refractivity contribution is 5.77. The standard InChI is InChI=1S/C7H15N3O2/c1-8-6-7(11)9-10-2-4-12-5-3-10/h8H,2-6H2,1H3,(H,9,11). The Morgan fingerprint density at radius 2 is 2.17 bits per heavy atom. The van der Waals surface area contributed by atoms with Crippen LogP contribution in [0.3, 0.4) is 0 Å². The van der Waals surface area contributed by atoms with Crippen LogP contribution in [0.4, 0.5) is 0 Å². The van der Waals surface area contributed by atoms with Crippen molar-refractivity contribution in [2.24, 2.45) is 0 Å². The zero-order chi connectivity index (χ0) is 8.81. The molecule has 0 atom stereocenters.